The summed E-state index contributed by atoms with van der Waals surface area (Å²) in [5.41, 5.74) is 2.61. The number of benzene rings is 1. The third kappa shape index (κ3) is 3.37. The topological polar surface area (TPSA) is 111 Å². The van der Waals surface area contributed by atoms with E-state index in [1.165, 1.54) is 12.1 Å². The third-order valence-corrected chi connectivity index (χ3v) is 1.84. The highest BCUT2D eigenvalue weighted by Crippen LogP contribution is 2.25. The molecule has 1 rings (SSSR count). The lowest BCUT2D eigenvalue weighted by Gasteiger charge is -2.07. The van der Waals surface area contributed by atoms with Gasteiger partial charge in [0.05, 0.1) is 23.3 Å². The number of nitro groups is 1. The van der Waals surface area contributed by atoms with Crippen LogP contribution >= 0.6 is 0 Å². The monoisotopic (exact) mass is 227 g/mol. The highest BCUT2D eigenvalue weighted by Gasteiger charge is 2.09. The average Bonchev–Trinajstić information content (AvgIpc) is 2.29. The van der Waals surface area contributed by atoms with Gasteiger partial charge >= 0.3 is 0 Å². The number of aliphatic hydroxyl groups excluding tert-OH is 1. The van der Waals surface area contributed by atoms with E-state index in [0.29, 0.717) is 24.5 Å². The minimum atomic E-state index is -0.528. The molecule has 0 bridgehead atoms. The molecule has 7 heteroatoms. The van der Waals surface area contributed by atoms with Crippen LogP contribution in [0.1, 0.15) is 6.42 Å². The standard InChI is InChI=1S/C9H13N3O4/c10-11-7-4-8(12(14)15)6-9(5-7)16-3-1-2-13/h4-6,11,13H,1-3,10H2. The number of hydrazine groups is 1. The van der Waals surface area contributed by atoms with Gasteiger partial charge in [0.2, 0.25) is 0 Å². The fourth-order valence-corrected chi connectivity index (χ4v) is 1.11. The summed E-state index contributed by atoms with van der Waals surface area (Å²) in [7, 11) is 0. The molecule has 0 aromatic heterocycles. The molecule has 7 nitrogen and oxygen atoms in total. The number of hydrogen-bond acceptors (Lipinski definition) is 6. The van der Waals surface area contributed by atoms with Crippen molar-refractivity contribution in [1.29, 1.82) is 0 Å². The zero-order valence-corrected chi connectivity index (χ0v) is 8.55. The van der Waals surface area contributed by atoms with Crippen molar-refractivity contribution in [2.24, 2.45) is 5.84 Å². The van der Waals surface area contributed by atoms with Crippen LogP contribution in [0.15, 0.2) is 18.2 Å². The Labute approximate surface area is 91.9 Å². The summed E-state index contributed by atoms with van der Waals surface area (Å²) >= 11 is 0. The number of anilines is 1. The normalized spacial score (nSPS) is 9.88. The van der Waals surface area contributed by atoms with Crippen molar-refractivity contribution >= 4 is 11.4 Å². The molecule has 4 N–H and O–H groups in total. The van der Waals surface area contributed by atoms with Crippen molar-refractivity contribution in [2.45, 2.75) is 6.42 Å². The van der Waals surface area contributed by atoms with E-state index in [1.54, 1.807) is 6.07 Å². The van der Waals surface area contributed by atoms with Crippen LogP contribution in [0.3, 0.4) is 0 Å². The molecule has 0 atom stereocenters. The second-order valence-corrected chi connectivity index (χ2v) is 3.04. The summed E-state index contributed by atoms with van der Waals surface area (Å²) in [5.74, 6) is 5.52. The lowest BCUT2D eigenvalue weighted by molar-refractivity contribution is -0.384. The number of nitrogens with one attached hydrogen (secondary N) is 1. The van der Waals surface area contributed by atoms with Gasteiger partial charge in [-0.25, -0.2) is 0 Å². The Bertz CT molecular complexity index is 370. The predicted octanol–water partition coefficient (Wildman–Crippen LogP) is 0.642. The van der Waals surface area contributed by atoms with Crippen LogP contribution in [-0.2, 0) is 0 Å². The largest absolute Gasteiger partial charge is 0.493 e. The Morgan fingerprint density at radius 2 is 2.25 bits per heavy atom. The summed E-state index contributed by atoms with van der Waals surface area (Å²) < 4.78 is 5.22. The predicted molar refractivity (Wildman–Crippen MR) is 58.1 cm³/mol. The summed E-state index contributed by atoms with van der Waals surface area (Å²) in [4.78, 5) is 10.1. The van der Waals surface area contributed by atoms with Gasteiger partial charge in [-0.1, -0.05) is 0 Å². The molecule has 0 saturated heterocycles. The van der Waals surface area contributed by atoms with Crippen LogP contribution in [0.2, 0.25) is 0 Å². The van der Waals surface area contributed by atoms with Crippen molar-refractivity contribution in [2.75, 3.05) is 18.6 Å². The first kappa shape index (κ1) is 12.2. The van der Waals surface area contributed by atoms with Gasteiger partial charge in [-0.3, -0.25) is 16.0 Å². The van der Waals surface area contributed by atoms with Crippen molar-refractivity contribution < 1.29 is 14.8 Å². The zero-order valence-electron chi connectivity index (χ0n) is 8.55. The summed E-state index contributed by atoms with van der Waals surface area (Å²) in [6, 6.07) is 4.15. The molecule has 1 aromatic rings. The molecule has 0 spiro atoms. The van der Waals surface area contributed by atoms with E-state index in [9.17, 15) is 10.1 Å². The van der Waals surface area contributed by atoms with Crippen LogP contribution in [0, 0.1) is 10.1 Å². The van der Waals surface area contributed by atoms with E-state index in [4.69, 9.17) is 15.7 Å². The number of non-ortho nitro benzene ring substituents is 1. The van der Waals surface area contributed by atoms with Crippen LogP contribution < -0.4 is 16.0 Å². The van der Waals surface area contributed by atoms with Gasteiger partial charge in [0.25, 0.3) is 5.69 Å². The maximum absolute atomic E-state index is 10.6. The number of hydrogen-bond donors (Lipinski definition) is 3. The quantitative estimate of drug-likeness (QED) is 0.284. The van der Waals surface area contributed by atoms with E-state index in [1.807, 2.05) is 0 Å². The highest BCUT2D eigenvalue weighted by molar-refractivity contribution is 5.55. The molecular weight excluding hydrogens is 214 g/mol. The Hall–Kier alpha value is -1.86. The molecule has 88 valence electrons. The summed E-state index contributed by atoms with van der Waals surface area (Å²) in [6.45, 7) is 0.304. The van der Waals surface area contributed by atoms with Gasteiger partial charge in [0.15, 0.2) is 0 Å². The first-order valence-electron chi connectivity index (χ1n) is 4.67. The second-order valence-electron chi connectivity index (χ2n) is 3.04. The minimum Gasteiger partial charge on any atom is -0.493 e. The number of rotatable bonds is 6. The van der Waals surface area contributed by atoms with Crippen LogP contribution in [0.4, 0.5) is 11.4 Å². The molecule has 0 aliphatic heterocycles. The molecule has 0 heterocycles. The smallest absolute Gasteiger partial charge is 0.275 e. The van der Waals surface area contributed by atoms with E-state index in [0.717, 1.165) is 0 Å². The van der Waals surface area contributed by atoms with Gasteiger partial charge in [0.1, 0.15) is 5.75 Å². The van der Waals surface area contributed by atoms with Crippen molar-refractivity contribution in [3.05, 3.63) is 28.3 Å². The van der Waals surface area contributed by atoms with Crippen LogP contribution in [0.25, 0.3) is 0 Å². The molecule has 0 amide bonds. The van der Waals surface area contributed by atoms with Crippen molar-refractivity contribution in [3.63, 3.8) is 0 Å². The maximum Gasteiger partial charge on any atom is 0.275 e. The Morgan fingerprint density at radius 1 is 1.50 bits per heavy atom. The van der Waals surface area contributed by atoms with Gasteiger partial charge in [0, 0.05) is 25.2 Å². The van der Waals surface area contributed by atoms with E-state index < -0.39 is 4.92 Å². The van der Waals surface area contributed by atoms with Gasteiger partial charge in [-0.2, -0.15) is 0 Å². The van der Waals surface area contributed by atoms with Gasteiger partial charge in [-0.05, 0) is 0 Å². The first-order chi connectivity index (χ1) is 7.67. The lowest BCUT2D eigenvalue weighted by Crippen LogP contribution is -2.08. The van der Waals surface area contributed by atoms with Gasteiger partial charge < -0.3 is 15.3 Å². The molecule has 0 radical (unpaired) electrons. The highest BCUT2D eigenvalue weighted by atomic mass is 16.6. The molecular formula is C9H13N3O4. The minimum absolute atomic E-state index is 0.0108. The molecule has 0 aliphatic carbocycles. The summed E-state index contributed by atoms with van der Waals surface area (Å²) in [5, 5.41) is 19.2. The summed E-state index contributed by atoms with van der Waals surface area (Å²) in [6.07, 6.45) is 0.466. The SMILES string of the molecule is NNc1cc(OCCCO)cc([N+](=O)[O-])c1. The molecule has 0 fully saturated rings. The molecule has 1 aromatic carbocycles. The fraction of sp³-hybridized carbons (Fsp3) is 0.333. The van der Waals surface area contributed by atoms with E-state index >= 15 is 0 Å². The molecule has 0 aliphatic rings. The number of nitrogen functional groups attached to an aromatic ring is 1. The molecule has 16 heavy (non-hydrogen) atoms. The maximum atomic E-state index is 10.6. The molecule has 0 saturated carbocycles. The second kappa shape index (κ2) is 5.89. The van der Waals surface area contributed by atoms with Crippen molar-refractivity contribution in [1.82, 2.24) is 0 Å². The third-order valence-electron chi connectivity index (χ3n) is 1.84. The van der Waals surface area contributed by atoms with Crippen LogP contribution in [-0.4, -0.2) is 23.2 Å². The Balaban J connectivity index is 2.82. The van der Waals surface area contributed by atoms with Crippen LogP contribution in [0.5, 0.6) is 5.75 Å². The Kier molecular flexibility index (Phi) is 4.49. The number of nitrogens with two attached hydrogens (primary N) is 1. The lowest BCUT2D eigenvalue weighted by atomic mass is 10.2. The first-order valence-corrected chi connectivity index (χ1v) is 4.67. The zero-order chi connectivity index (χ0) is 12.0. The molecule has 0 unspecified atom stereocenters. The average molecular weight is 227 g/mol. The number of ether oxygens (including phenoxy) is 1. The van der Waals surface area contributed by atoms with E-state index in [-0.39, 0.29) is 12.3 Å². The Morgan fingerprint density at radius 3 is 2.81 bits per heavy atom. The van der Waals surface area contributed by atoms with Crippen molar-refractivity contribution in [3.8, 4) is 5.75 Å². The number of nitro benzene ring substituents is 1. The number of aliphatic hydroxyl groups is 1. The van der Waals surface area contributed by atoms with Gasteiger partial charge in [-0.15, -0.1) is 0 Å². The van der Waals surface area contributed by atoms with E-state index in [2.05, 4.69) is 5.43 Å². The fourth-order valence-electron chi connectivity index (χ4n) is 1.11. The number of nitrogens with zero attached hydrogens (tertiary/aromatic N) is 1.